The van der Waals surface area contributed by atoms with Crippen molar-refractivity contribution in [3.63, 3.8) is 0 Å². The highest BCUT2D eigenvalue weighted by Gasteiger charge is 2.20. The Kier molecular flexibility index (Phi) is 4.72. The van der Waals surface area contributed by atoms with E-state index in [2.05, 4.69) is 18.1 Å². The number of aromatic carboxylic acids is 1. The molecular weight excluding hydrogens is 264 g/mol. The molecule has 0 saturated carbocycles. The van der Waals surface area contributed by atoms with Gasteiger partial charge in [0.25, 0.3) is 0 Å². The second kappa shape index (κ2) is 6.70. The first-order valence-corrected chi connectivity index (χ1v) is 6.74. The number of nitrogens with zero attached hydrogens (tertiary/aromatic N) is 2. The van der Waals surface area contributed by atoms with Gasteiger partial charge >= 0.3 is 5.97 Å². The van der Waals surface area contributed by atoms with Gasteiger partial charge in [0.1, 0.15) is 5.82 Å². The van der Waals surface area contributed by atoms with E-state index in [1.165, 1.54) is 0 Å². The Bertz CT molecular complexity index is 657. The van der Waals surface area contributed by atoms with E-state index in [0.29, 0.717) is 25.1 Å². The molecule has 108 valence electrons. The number of hydrogen-bond donors (Lipinski definition) is 1. The van der Waals surface area contributed by atoms with E-state index in [1.807, 2.05) is 34.9 Å². The summed E-state index contributed by atoms with van der Waals surface area (Å²) in [7, 11) is 0. The molecule has 0 aliphatic carbocycles. The molecule has 0 bridgehead atoms. The van der Waals surface area contributed by atoms with E-state index in [0.717, 1.165) is 11.4 Å². The van der Waals surface area contributed by atoms with E-state index >= 15 is 0 Å². The Balaban J connectivity index is 2.48. The van der Waals surface area contributed by atoms with E-state index in [1.54, 1.807) is 12.2 Å². The van der Waals surface area contributed by atoms with Gasteiger partial charge in [-0.2, -0.15) is 0 Å². The van der Waals surface area contributed by atoms with Crippen molar-refractivity contribution < 1.29 is 9.90 Å². The van der Waals surface area contributed by atoms with Gasteiger partial charge in [-0.15, -0.1) is 13.2 Å². The molecule has 0 aliphatic heterocycles. The van der Waals surface area contributed by atoms with Crippen LogP contribution in [-0.2, 0) is 19.4 Å². The molecule has 0 spiro atoms. The Morgan fingerprint density at radius 3 is 2.52 bits per heavy atom. The van der Waals surface area contributed by atoms with Crippen molar-refractivity contribution in [2.75, 3.05) is 0 Å². The fourth-order valence-corrected chi connectivity index (χ4v) is 2.31. The van der Waals surface area contributed by atoms with Gasteiger partial charge in [-0.1, -0.05) is 42.5 Å². The van der Waals surface area contributed by atoms with Gasteiger partial charge in [0, 0.05) is 19.4 Å². The second-order valence-electron chi connectivity index (χ2n) is 4.68. The van der Waals surface area contributed by atoms with Crippen molar-refractivity contribution in [2.24, 2.45) is 0 Å². The third-order valence-corrected chi connectivity index (χ3v) is 3.21. The summed E-state index contributed by atoms with van der Waals surface area (Å²) in [6, 6.07) is 9.87. The van der Waals surface area contributed by atoms with Crippen molar-refractivity contribution in [3.05, 3.63) is 78.4 Å². The number of aromatic nitrogens is 2. The maximum absolute atomic E-state index is 11.4. The van der Waals surface area contributed by atoms with Crippen molar-refractivity contribution in [1.29, 1.82) is 0 Å². The summed E-state index contributed by atoms with van der Waals surface area (Å²) in [5.41, 5.74) is 1.86. The zero-order valence-corrected chi connectivity index (χ0v) is 11.8. The lowest BCUT2D eigenvalue weighted by Gasteiger charge is -2.09. The molecular formula is C17H18N2O2. The molecule has 0 amide bonds. The fourth-order valence-electron chi connectivity index (χ4n) is 2.31. The molecule has 1 N–H and O–H groups in total. The van der Waals surface area contributed by atoms with Crippen molar-refractivity contribution >= 4 is 5.97 Å². The van der Waals surface area contributed by atoms with Crippen molar-refractivity contribution in [1.82, 2.24) is 9.55 Å². The molecule has 4 nitrogen and oxygen atoms in total. The molecule has 1 aromatic carbocycles. The number of carboxylic acids is 1. The summed E-state index contributed by atoms with van der Waals surface area (Å²) in [6.07, 6.45) is 4.49. The molecule has 4 heteroatoms. The minimum Gasteiger partial charge on any atom is -0.476 e. The number of benzene rings is 1. The Morgan fingerprint density at radius 1 is 1.24 bits per heavy atom. The van der Waals surface area contributed by atoms with Gasteiger partial charge in [0.2, 0.25) is 0 Å². The molecule has 2 aromatic rings. The van der Waals surface area contributed by atoms with E-state index < -0.39 is 5.97 Å². The highest BCUT2D eigenvalue weighted by Crippen LogP contribution is 2.17. The first-order valence-electron chi connectivity index (χ1n) is 6.74. The highest BCUT2D eigenvalue weighted by molar-refractivity contribution is 5.87. The predicted octanol–water partition coefficient (Wildman–Crippen LogP) is 3.09. The maximum Gasteiger partial charge on any atom is 0.356 e. The van der Waals surface area contributed by atoms with Gasteiger partial charge < -0.3 is 9.67 Å². The van der Waals surface area contributed by atoms with E-state index in [9.17, 15) is 9.90 Å². The number of carbonyl (C=O) groups is 1. The van der Waals surface area contributed by atoms with Crippen molar-refractivity contribution in [2.45, 2.75) is 19.4 Å². The SMILES string of the molecule is C=CCc1c(C(=O)O)nc(Cc2ccccc2)n1CC=C. The summed E-state index contributed by atoms with van der Waals surface area (Å²) in [6.45, 7) is 7.96. The number of imidazole rings is 1. The molecule has 0 fully saturated rings. The largest absolute Gasteiger partial charge is 0.476 e. The van der Waals surface area contributed by atoms with E-state index in [-0.39, 0.29) is 5.69 Å². The molecule has 0 saturated heterocycles. The summed E-state index contributed by atoms with van der Waals surface area (Å²) >= 11 is 0. The van der Waals surface area contributed by atoms with Crippen LogP contribution in [0, 0.1) is 0 Å². The monoisotopic (exact) mass is 282 g/mol. The summed E-state index contributed by atoms with van der Waals surface area (Å²) < 4.78 is 1.91. The molecule has 0 unspecified atom stereocenters. The average molecular weight is 282 g/mol. The molecule has 0 radical (unpaired) electrons. The molecule has 2 rings (SSSR count). The third kappa shape index (κ3) is 3.28. The maximum atomic E-state index is 11.4. The standard InChI is InChI=1S/C17H18N2O2/c1-3-8-14-16(17(20)21)18-15(19(14)11-4-2)12-13-9-6-5-7-10-13/h3-7,9-10H,1-2,8,11-12H2,(H,20,21). The lowest BCUT2D eigenvalue weighted by atomic mass is 10.1. The quantitative estimate of drug-likeness (QED) is 0.794. The Morgan fingerprint density at radius 2 is 1.95 bits per heavy atom. The Labute approximate surface area is 124 Å². The Hall–Kier alpha value is -2.62. The lowest BCUT2D eigenvalue weighted by molar-refractivity contribution is 0.0689. The normalized spacial score (nSPS) is 10.3. The number of allylic oxidation sites excluding steroid dienone is 2. The second-order valence-corrected chi connectivity index (χ2v) is 4.68. The van der Waals surface area contributed by atoms with Crippen LogP contribution in [0.5, 0.6) is 0 Å². The smallest absolute Gasteiger partial charge is 0.356 e. The van der Waals surface area contributed by atoms with E-state index in [4.69, 9.17) is 0 Å². The van der Waals surface area contributed by atoms with Crippen LogP contribution >= 0.6 is 0 Å². The van der Waals surface area contributed by atoms with Crippen LogP contribution in [-0.4, -0.2) is 20.6 Å². The van der Waals surface area contributed by atoms with Crippen LogP contribution in [0.15, 0.2) is 55.6 Å². The molecule has 1 heterocycles. The molecule has 0 atom stereocenters. The summed E-state index contributed by atoms with van der Waals surface area (Å²) in [5, 5.41) is 9.33. The third-order valence-electron chi connectivity index (χ3n) is 3.21. The fraction of sp³-hybridized carbons (Fsp3) is 0.176. The van der Waals surface area contributed by atoms with Gasteiger partial charge in [-0.3, -0.25) is 0 Å². The van der Waals surface area contributed by atoms with Gasteiger partial charge in [0.15, 0.2) is 5.69 Å². The van der Waals surface area contributed by atoms with Gasteiger partial charge in [0.05, 0.1) is 5.69 Å². The summed E-state index contributed by atoms with van der Waals surface area (Å²) in [5.74, 6) is -0.278. The van der Waals surface area contributed by atoms with Crippen LogP contribution in [0.1, 0.15) is 27.6 Å². The molecule has 1 aromatic heterocycles. The van der Waals surface area contributed by atoms with Crippen LogP contribution in [0.3, 0.4) is 0 Å². The van der Waals surface area contributed by atoms with Crippen LogP contribution in [0.25, 0.3) is 0 Å². The molecule has 0 aliphatic rings. The first-order chi connectivity index (χ1) is 10.2. The predicted molar refractivity (Wildman–Crippen MR) is 82.5 cm³/mol. The summed E-state index contributed by atoms with van der Waals surface area (Å²) in [4.78, 5) is 15.7. The van der Waals surface area contributed by atoms with Crippen molar-refractivity contribution in [3.8, 4) is 0 Å². The number of hydrogen-bond acceptors (Lipinski definition) is 2. The molecule has 21 heavy (non-hydrogen) atoms. The van der Waals surface area contributed by atoms with Crippen LogP contribution < -0.4 is 0 Å². The van der Waals surface area contributed by atoms with Gasteiger partial charge in [-0.25, -0.2) is 9.78 Å². The topological polar surface area (TPSA) is 55.1 Å². The zero-order chi connectivity index (χ0) is 15.2. The average Bonchev–Trinajstić information content (AvgIpc) is 2.80. The highest BCUT2D eigenvalue weighted by atomic mass is 16.4. The zero-order valence-electron chi connectivity index (χ0n) is 11.8. The van der Waals surface area contributed by atoms with Crippen LogP contribution in [0.2, 0.25) is 0 Å². The number of carboxylic acid groups (broad SMARTS) is 1. The number of rotatable bonds is 7. The first kappa shape index (κ1) is 14.8. The minimum absolute atomic E-state index is 0.0997. The van der Waals surface area contributed by atoms with Crippen LogP contribution in [0.4, 0.5) is 0 Å². The lowest BCUT2D eigenvalue weighted by Crippen LogP contribution is -2.08. The van der Waals surface area contributed by atoms with Gasteiger partial charge in [-0.05, 0) is 5.56 Å². The minimum atomic E-state index is -1.01.